The van der Waals surface area contributed by atoms with Crippen LogP contribution in [0.25, 0.3) is 0 Å². The van der Waals surface area contributed by atoms with Crippen LogP contribution in [0.15, 0.2) is 30.3 Å². The second-order valence-electron chi connectivity index (χ2n) is 6.47. The van der Waals surface area contributed by atoms with Crippen LogP contribution in [-0.2, 0) is 0 Å². The van der Waals surface area contributed by atoms with Crippen LogP contribution in [0.3, 0.4) is 0 Å². The molecule has 130 valence electrons. The van der Waals surface area contributed by atoms with Crippen molar-refractivity contribution in [1.29, 1.82) is 0 Å². The van der Waals surface area contributed by atoms with Crippen molar-refractivity contribution in [2.24, 2.45) is 11.5 Å². The van der Waals surface area contributed by atoms with E-state index in [-0.39, 0.29) is 0 Å². The number of aromatic carboxylic acids is 1. The predicted octanol–water partition coefficient (Wildman–Crippen LogP) is 3.94. The summed E-state index contributed by atoms with van der Waals surface area (Å²) in [6.45, 7) is 0. The smallest absolute Gasteiger partial charge is 0.335 e. The minimum atomic E-state index is -0.879. The van der Waals surface area contributed by atoms with E-state index in [1.807, 2.05) is 0 Å². The van der Waals surface area contributed by atoms with Crippen molar-refractivity contribution in [2.45, 2.75) is 76.3 Å². The minimum absolute atomic E-state index is 0.331. The number of carboxylic acids is 1. The van der Waals surface area contributed by atoms with Gasteiger partial charge in [-0.05, 0) is 37.8 Å². The third-order valence-electron chi connectivity index (χ3n) is 4.32. The molecule has 4 heteroatoms. The molecular weight excluding hydrogens is 288 g/mol. The Balaban J connectivity index is 0.000000175. The first-order chi connectivity index (χ1) is 11.1. The van der Waals surface area contributed by atoms with Crippen LogP contribution in [0, 0.1) is 0 Å². The highest BCUT2D eigenvalue weighted by Gasteiger charge is 2.06. The standard InChI is InChI=1S/C7H6O2.2C6H13N/c8-7(9)6-4-2-1-3-5-6;2*7-6-4-2-1-3-5-6/h1-5H,(H,8,9);2*6H,1-5,7H2. The second kappa shape index (κ2) is 12.1. The fourth-order valence-electron chi connectivity index (χ4n) is 2.85. The molecule has 0 aromatic heterocycles. The van der Waals surface area contributed by atoms with Crippen molar-refractivity contribution in [3.05, 3.63) is 35.9 Å². The van der Waals surface area contributed by atoms with Gasteiger partial charge in [0.1, 0.15) is 0 Å². The van der Waals surface area contributed by atoms with Crippen molar-refractivity contribution in [3.63, 3.8) is 0 Å². The summed E-state index contributed by atoms with van der Waals surface area (Å²) in [5.41, 5.74) is 11.6. The molecule has 2 saturated carbocycles. The molecular formula is C19H32N2O2. The van der Waals surface area contributed by atoms with Crippen LogP contribution in [0.1, 0.15) is 74.6 Å². The van der Waals surface area contributed by atoms with Gasteiger partial charge in [-0.1, -0.05) is 56.7 Å². The third kappa shape index (κ3) is 10.1. The predicted molar refractivity (Wildman–Crippen MR) is 95.5 cm³/mol. The molecule has 0 aliphatic heterocycles. The third-order valence-corrected chi connectivity index (χ3v) is 4.32. The molecule has 23 heavy (non-hydrogen) atoms. The highest BCUT2D eigenvalue weighted by atomic mass is 16.4. The van der Waals surface area contributed by atoms with E-state index in [0.29, 0.717) is 17.6 Å². The minimum Gasteiger partial charge on any atom is -0.478 e. The highest BCUT2D eigenvalue weighted by molar-refractivity contribution is 5.87. The number of carbonyl (C=O) groups is 1. The lowest BCUT2D eigenvalue weighted by molar-refractivity contribution is 0.0697. The summed E-state index contributed by atoms with van der Waals surface area (Å²) in [5.74, 6) is -0.879. The Bertz CT molecular complexity index is 395. The van der Waals surface area contributed by atoms with Gasteiger partial charge in [0.05, 0.1) is 5.56 Å². The fraction of sp³-hybridized carbons (Fsp3) is 0.632. The molecule has 0 bridgehead atoms. The molecule has 0 heterocycles. The van der Waals surface area contributed by atoms with E-state index in [9.17, 15) is 4.79 Å². The van der Waals surface area contributed by atoms with Gasteiger partial charge in [0, 0.05) is 12.1 Å². The van der Waals surface area contributed by atoms with Gasteiger partial charge in [-0.25, -0.2) is 4.79 Å². The average Bonchev–Trinajstić information content (AvgIpc) is 2.58. The van der Waals surface area contributed by atoms with E-state index in [1.165, 1.54) is 64.2 Å². The van der Waals surface area contributed by atoms with Crippen LogP contribution in [0.2, 0.25) is 0 Å². The zero-order valence-corrected chi connectivity index (χ0v) is 14.1. The SMILES string of the molecule is NC1CCCCC1.NC1CCCCC1.O=C(O)c1ccccc1. The molecule has 0 amide bonds. The van der Waals surface area contributed by atoms with Gasteiger partial charge >= 0.3 is 5.97 Å². The Labute approximate surface area is 140 Å². The van der Waals surface area contributed by atoms with E-state index < -0.39 is 5.97 Å². The number of benzene rings is 1. The number of rotatable bonds is 1. The highest BCUT2D eigenvalue weighted by Crippen LogP contribution is 2.15. The Kier molecular flexibility index (Phi) is 10.3. The molecule has 2 fully saturated rings. The first kappa shape index (κ1) is 19.7. The van der Waals surface area contributed by atoms with Crippen molar-refractivity contribution < 1.29 is 9.90 Å². The summed E-state index contributed by atoms with van der Waals surface area (Å²) < 4.78 is 0. The lowest BCUT2D eigenvalue weighted by Crippen LogP contribution is -2.22. The van der Waals surface area contributed by atoms with E-state index in [2.05, 4.69) is 0 Å². The Hall–Kier alpha value is -1.39. The first-order valence-corrected chi connectivity index (χ1v) is 8.89. The maximum absolute atomic E-state index is 10.2. The Morgan fingerprint density at radius 3 is 1.39 bits per heavy atom. The van der Waals surface area contributed by atoms with Crippen molar-refractivity contribution >= 4 is 5.97 Å². The van der Waals surface area contributed by atoms with Crippen LogP contribution >= 0.6 is 0 Å². The zero-order chi connectivity index (χ0) is 16.9. The number of hydrogen-bond donors (Lipinski definition) is 3. The number of carboxylic acid groups (broad SMARTS) is 1. The summed E-state index contributed by atoms with van der Waals surface area (Å²) in [7, 11) is 0. The summed E-state index contributed by atoms with van der Waals surface area (Å²) in [6.07, 6.45) is 13.3. The van der Waals surface area contributed by atoms with Crippen molar-refractivity contribution in [2.75, 3.05) is 0 Å². The van der Waals surface area contributed by atoms with E-state index in [0.717, 1.165) is 0 Å². The van der Waals surface area contributed by atoms with Crippen LogP contribution < -0.4 is 11.5 Å². The maximum atomic E-state index is 10.2. The van der Waals surface area contributed by atoms with Gasteiger partial charge in [0.2, 0.25) is 0 Å². The number of nitrogens with two attached hydrogens (primary N) is 2. The lowest BCUT2D eigenvalue weighted by Gasteiger charge is -2.15. The van der Waals surface area contributed by atoms with Crippen molar-refractivity contribution in [1.82, 2.24) is 0 Å². The fourth-order valence-corrected chi connectivity index (χ4v) is 2.85. The van der Waals surface area contributed by atoms with Crippen LogP contribution in [0.5, 0.6) is 0 Å². The summed E-state index contributed by atoms with van der Waals surface area (Å²) >= 11 is 0. The molecule has 5 N–H and O–H groups in total. The second-order valence-corrected chi connectivity index (χ2v) is 6.47. The van der Waals surface area contributed by atoms with Crippen molar-refractivity contribution in [3.8, 4) is 0 Å². The molecule has 4 nitrogen and oxygen atoms in total. The summed E-state index contributed by atoms with van der Waals surface area (Å²) in [4.78, 5) is 10.2. The van der Waals surface area contributed by atoms with E-state index in [1.54, 1.807) is 30.3 Å². The monoisotopic (exact) mass is 320 g/mol. The van der Waals surface area contributed by atoms with Gasteiger partial charge in [-0.2, -0.15) is 0 Å². The molecule has 1 aromatic rings. The topological polar surface area (TPSA) is 89.3 Å². The molecule has 0 spiro atoms. The van der Waals surface area contributed by atoms with Gasteiger partial charge in [0.25, 0.3) is 0 Å². The normalized spacial score (nSPS) is 18.9. The Morgan fingerprint density at radius 2 is 1.17 bits per heavy atom. The van der Waals surface area contributed by atoms with Crippen LogP contribution in [0.4, 0.5) is 0 Å². The van der Waals surface area contributed by atoms with Gasteiger partial charge in [0.15, 0.2) is 0 Å². The molecule has 0 unspecified atom stereocenters. The molecule has 1 aromatic carbocycles. The molecule has 2 aliphatic rings. The molecule has 0 radical (unpaired) electrons. The molecule has 2 aliphatic carbocycles. The molecule has 0 atom stereocenters. The largest absolute Gasteiger partial charge is 0.478 e. The summed E-state index contributed by atoms with van der Waals surface area (Å²) in [6, 6.07) is 9.37. The summed E-state index contributed by atoms with van der Waals surface area (Å²) in [5, 5.41) is 8.38. The van der Waals surface area contributed by atoms with Crippen LogP contribution in [-0.4, -0.2) is 23.2 Å². The quantitative estimate of drug-likeness (QED) is 0.731. The zero-order valence-electron chi connectivity index (χ0n) is 14.1. The Morgan fingerprint density at radius 1 is 0.783 bits per heavy atom. The van der Waals surface area contributed by atoms with E-state index in [4.69, 9.17) is 16.6 Å². The molecule has 3 rings (SSSR count). The average molecular weight is 320 g/mol. The lowest BCUT2D eigenvalue weighted by atomic mass is 9.97. The van der Waals surface area contributed by atoms with E-state index >= 15 is 0 Å². The van der Waals surface area contributed by atoms with Gasteiger partial charge in [-0.3, -0.25) is 0 Å². The number of hydrogen-bond acceptors (Lipinski definition) is 3. The van der Waals surface area contributed by atoms with Gasteiger partial charge in [-0.15, -0.1) is 0 Å². The van der Waals surface area contributed by atoms with Gasteiger partial charge < -0.3 is 16.6 Å². The molecule has 0 saturated heterocycles. The first-order valence-electron chi connectivity index (χ1n) is 8.89. The maximum Gasteiger partial charge on any atom is 0.335 e.